The number of methoxy groups -OCH3 is 2. The number of hydrogen-bond donors (Lipinski definition) is 0. The van der Waals surface area contributed by atoms with Crippen molar-refractivity contribution >= 4 is 43.0 Å². The largest absolute Gasteiger partial charge is 0.497 e. The molecular weight excluding hydrogens is 1190 g/mol. The molecule has 2 fully saturated rings. The minimum absolute atomic E-state index is 0.105. The predicted molar refractivity (Wildman–Crippen MR) is 346 cm³/mol. The van der Waals surface area contributed by atoms with Gasteiger partial charge in [-0.2, -0.15) is 0 Å². The molecule has 2 aliphatic heterocycles. The van der Waals surface area contributed by atoms with E-state index in [0.29, 0.717) is 22.8 Å². The fraction of sp³-hybridized carbons (Fsp3) is 0.324. The Morgan fingerprint density at radius 1 is 0.380 bits per heavy atom. The van der Waals surface area contributed by atoms with E-state index >= 15 is 0 Å². The van der Waals surface area contributed by atoms with Gasteiger partial charge >= 0.3 is 23.9 Å². The van der Waals surface area contributed by atoms with Crippen LogP contribution in [0.2, 0.25) is 16.6 Å². The molecule has 0 radical (unpaired) electrons. The molecule has 92 heavy (non-hydrogen) atoms. The average Bonchev–Trinajstić information content (AvgIpc) is 0.789. The van der Waals surface area contributed by atoms with Crippen molar-refractivity contribution in [3.05, 3.63) is 240 Å². The molecule has 2 aliphatic rings. The summed E-state index contributed by atoms with van der Waals surface area (Å²) < 4.78 is 86.7. The molecule has 10 atom stereocenters. The molecule has 480 valence electrons. The Morgan fingerprint density at radius 2 is 0.772 bits per heavy atom. The highest BCUT2D eigenvalue weighted by molar-refractivity contribution is 6.77. The van der Waals surface area contributed by atoms with Crippen LogP contribution in [0.15, 0.2) is 212 Å². The SMILES string of the molecule is COc1ccc(CO[C@@H]2[C@H](OC(=O)c3ccccc3)[C@@H](Oc3ccc(OC)cc3)O[C@H](CO[C@H]3O[C@H](CO[Si](C(C)C)(C(C)C)C(C)C)[C@@H](OC(=O)c4ccccc4)[C@H](Oc4ccc5ccccc5c4)[C@@H]3OC(=O)c3ccccc3)[C@H]2OC(=O)c2ccccc2)cc1. The van der Waals surface area contributed by atoms with Crippen LogP contribution < -0.4 is 18.9 Å². The standard InChI is InChI=1S/C74H78O17Si/c1-47(2)92(48(3)4,49(5)6)83-46-62-64(89-70(76)53-26-15-10-16-27-53)66(84-60-38-35-51-23-21-22-32-56(51)43-60)68(91-72(78)55-30-19-12-20-31-55)73(86-62)82-45-61-63(88-69(75)52-24-13-9-14-25-52)65(81-44-50-33-36-57(79-7)37-34-50)67(90-71(77)54-28-17-11-18-29-54)74(87-61)85-59-41-39-58(80-8)40-42-59/h9-43,47-49,61-68,73-74H,44-46H2,1-8H3/t61-,62-,63-,64-,65+,66+,67+,68+,73+,74+/m1/s1. The van der Waals surface area contributed by atoms with Crippen molar-refractivity contribution in [2.75, 3.05) is 27.4 Å². The summed E-state index contributed by atoms with van der Waals surface area (Å²) >= 11 is 0. The van der Waals surface area contributed by atoms with Crippen molar-refractivity contribution in [1.29, 1.82) is 0 Å². The highest BCUT2D eigenvalue weighted by Gasteiger charge is 2.57. The van der Waals surface area contributed by atoms with Gasteiger partial charge in [0.2, 0.25) is 6.29 Å². The van der Waals surface area contributed by atoms with E-state index in [1.807, 2.05) is 48.5 Å². The van der Waals surface area contributed by atoms with E-state index in [1.165, 1.54) is 7.11 Å². The summed E-state index contributed by atoms with van der Waals surface area (Å²) in [6.45, 7) is 12.2. The lowest BCUT2D eigenvalue weighted by Gasteiger charge is -2.48. The van der Waals surface area contributed by atoms with Crippen molar-refractivity contribution in [3.8, 4) is 23.0 Å². The summed E-state index contributed by atoms with van der Waals surface area (Å²) in [6.07, 6.45) is -14.2. The average molecular weight is 1270 g/mol. The number of esters is 4. The van der Waals surface area contributed by atoms with Crippen LogP contribution in [0.1, 0.15) is 88.5 Å². The van der Waals surface area contributed by atoms with Crippen LogP contribution in [-0.2, 0) is 48.9 Å². The lowest BCUT2D eigenvalue weighted by atomic mass is 9.96. The third-order valence-electron chi connectivity index (χ3n) is 16.7. The zero-order chi connectivity index (χ0) is 64.7. The maximum absolute atomic E-state index is 14.8. The van der Waals surface area contributed by atoms with Gasteiger partial charge in [-0.05, 0) is 130 Å². The van der Waals surface area contributed by atoms with Crippen LogP contribution in [0.4, 0.5) is 0 Å². The van der Waals surface area contributed by atoms with Crippen molar-refractivity contribution in [2.45, 2.75) is 126 Å². The molecule has 0 aromatic heterocycles. The fourth-order valence-corrected chi connectivity index (χ4v) is 17.6. The molecule has 8 aromatic carbocycles. The van der Waals surface area contributed by atoms with Crippen molar-refractivity contribution in [2.24, 2.45) is 0 Å². The van der Waals surface area contributed by atoms with Gasteiger partial charge in [0.1, 0.15) is 41.3 Å². The van der Waals surface area contributed by atoms with Crippen LogP contribution in [-0.4, -0.2) is 121 Å². The minimum atomic E-state index is -2.74. The van der Waals surface area contributed by atoms with Gasteiger partial charge < -0.3 is 61.3 Å². The second-order valence-corrected chi connectivity index (χ2v) is 29.0. The normalized spacial score (nSPS) is 21.5. The Kier molecular flexibility index (Phi) is 22.2. The van der Waals surface area contributed by atoms with Crippen LogP contribution in [0.3, 0.4) is 0 Å². The molecule has 0 unspecified atom stereocenters. The topological polar surface area (TPSA) is 188 Å². The van der Waals surface area contributed by atoms with Gasteiger partial charge in [-0.1, -0.05) is 157 Å². The zero-order valence-electron chi connectivity index (χ0n) is 52.8. The van der Waals surface area contributed by atoms with Gasteiger partial charge in [0.25, 0.3) is 0 Å². The Balaban J connectivity index is 1.12. The Morgan fingerprint density at radius 3 is 1.25 bits per heavy atom. The van der Waals surface area contributed by atoms with Crippen molar-refractivity contribution in [1.82, 2.24) is 0 Å². The van der Waals surface area contributed by atoms with Crippen LogP contribution in [0.25, 0.3) is 10.8 Å². The summed E-state index contributed by atoms with van der Waals surface area (Å²) in [7, 11) is 0.359. The molecule has 0 aliphatic carbocycles. The first-order valence-electron chi connectivity index (χ1n) is 30.9. The van der Waals surface area contributed by atoms with E-state index < -0.39 is 100 Å². The maximum Gasteiger partial charge on any atom is 0.338 e. The number of hydrogen-bond acceptors (Lipinski definition) is 17. The molecule has 2 heterocycles. The Hall–Kier alpha value is -8.88. The van der Waals surface area contributed by atoms with Gasteiger partial charge in [0.05, 0.1) is 56.3 Å². The number of fused-ring (bicyclic) bond motifs is 1. The summed E-state index contributed by atoms with van der Waals surface area (Å²) in [5, 5.41) is 1.78. The molecule has 17 nitrogen and oxygen atoms in total. The van der Waals surface area contributed by atoms with Gasteiger partial charge in [0, 0.05) is 0 Å². The van der Waals surface area contributed by atoms with E-state index in [4.69, 9.17) is 61.3 Å². The molecule has 2 saturated heterocycles. The van der Waals surface area contributed by atoms with Crippen LogP contribution in [0.5, 0.6) is 23.0 Å². The number of benzene rings is 8. The molecular formula is C74H78O17Si. The van der Waals surface area contributed by atoms with Crippen LogP contribution >= 0.6 is 0 Å². The predicted octanol–water partition coefficient (Wildman–Crippen LogP) is 13.8. The lowest BCUT2D eigenvalue weighted by Crippen LogP contribution is -2.66. The molecule has 18 heteroatoms. The number of ether oxygens (including phenoxy) is 12. The molecule has 0 saturated carbocycles. The Bertz CT molecular complexity index is 3650. The lowest BCUT2D eigenvalue weighted by molar-refractivity contribution is -0.321. The maximum atomic E-state index is 14.8. The molecule has 0 bridgehead atoms. The van der Waals surface area contributed by atoms with E-state index in [2.05, 4.69) is 41.5 Å². The summed E-state index contributed by atoms with van der Waals surface area (Å²) in [4.78, 5) is 58.7. The monoisotopic (exact) mass is 1270 g/mol. The van der Waals surface area contributed by atoms with Gasteiger partial charge in [0.15, 0.2) is 45.1 Å². The van der Waals surface area contributed by atoms with E-state index in [1.54, 1.807) is 171 Å². The van der Waals surface area contributed by atoms with E-state index in [-0.39, 0.29) is 57.8 Å². The first-order valence-corrected chi connectivity index (χ1v) is 33.1. The quantitative estimate of drug-likeness (QED) is 0.0282. The number of carbonyl (C=O) groups excluding carboxylic acids is 4. The number of rotatable bonds is 26. The number of carbonyl (C=O) groups is 4. The molecule has 0 N–H and O–H groups in total. The minimum Gasteiger partial charge on any atom is -0.497 e. The fourth-order valence-electron chi connectivity index (χ4n) is 12.2. The van der Waals surface area contributed by atoms with Gasteiger partial charge in [-0.3, -0.25) is 0 Å². The highest BCUT2D eigenvalue weighted by Crippen LogP contribution is 2.44. The zero-order valence-corrected chi connectivity index (χ0v) is 53.8. The third kappa shape index (κ3) is 15.9. The molecule has 0 spiro atoms. The smallest absolute Gasteiger partial charge is 0.338 e. The van der Waals surface area contributed by atoms with E-state index in [9.17, 15) is 19.2 Å². The Labute approximate surface area is 537 Å². The van der Waals surface area contributed by atoms with Gasteiger partial charge in [-0.25, -0.2) is 19.2 Å². The summed E-state index contributed by atoms with van der Waals surface area (Å²) in [5.41, 5.74) is 1.88. The third-order valence-corrected chi connectivity index (χ3v) is 22.8. The molecule has 10 rings (SSSR count). The first kappa shape index (κ1) is 66.1. The second-order valence-electron chi connectivity index (χ2n) is 23.5. The van der Waals surface area contributed by atoms with Crippen molar-refractivity contribution in [3.63, 3.8) is 0 Å². The second kappa shape index (κ2) is 31.0. The van der Waals surface area contributed by atoms with Crippen LogP contribution in [0, 0.1) is 0 Å². The molecule has 8 aromatic rings. The first-order chi connectivity index (χ1) is 44.6. The summed E-state index contributed by atoms with van der Waals surface area (Å²) in [6, 6.07) is 60.9. The highest BCUT2D eigenvalue weighted by atomic mass is 28.4. The van der Waals surface area contributed by atoms with E-state index in [0.717, 1.165) is 10.8 Å². The van der Waals surface area contributed by atoms with Gasteiger partial charge in [-0.15, -0.1) is 0 Å². The molecule has 0 amide bonds. The van der Waals surface area contributed by atoms with Crippen molar-refractivity contribution < 1.29 is 80.4 Å². The summed E-state index contributed by atoms with van der Waals surface area (Å²) in [5.74, 6) is -1.23.